The Morgan fingerprint density at radius 1 is 1.00 bits per heavy atom. The van der Waals surface area contributed by atoms with Crippen LogP contribution in [-0.4, -0.2) is 81.0 Å². The molecule has 0 aliphatic carbocycles. The van der Waals surface area contributed by atoms with E-state index in [0.717, 1.165) is 5.56 Å². The number of rotatable bonds is 5. The molecule has 0 saturated carbocycles. The molecule has 5 rings (SSSR count). The van der Waals surface area contributed by atoms with Gasteiger partial charge < -0.3 is 23.8 Å². The monoisotopic (exact) mass is 497 g/mol. The standard InChI is InChI=1S/C24H24FN5O4S/c1-28-22(16-6-8-17(25)9-7-16)26-27-24(28)35-15-21(31)29-10-12-30(13-11-29)23(32)20-14-33-18-4-2-3-5-19(18)34-20/h2-9,20H,10-15H2,1H3/t20-/m1/s1. The molecule has 2 aromatic carbocycles. The van der Waals surface area contributed by atoms with Gasteiger partial charge in [0, 0.05) is 38.8 Å². The molecule has 35 heavy (non-hydrogen) atoms. The van der Waals surface area contributed by atoms with Crippen LogP contribution in [0.5, 0.6) is 11.5 Å². The van der Waals surface area contributed by atoms with Crippen LogP contribution in [0, 0.1) is 5.82 Å². The SMILES string of the molecule is Cn1c(SCC(=O)N2CCN(C(=O)[C@H]3COc4ccccc4O3)CC2)nnc1-c1ccc(F)cc1. The van der Waals surface area contributed by atoms with Crippen LogP contribution in [0.4, 0.5) is 4.39 Å². The van der Waals surface area contributed by atoms with E-state index in [1.807, 2.05) is 25.2 Å². The number of thioether (sulfide) groups is 1. The maximum absolute atomic E-state index is 13.2. The lowest BCUT2D eigenvalue weighted by Crippen LogP contribution is -2.55. The summed E-state index contributed by atoms with van der Waals surface area (Å²) in [5.74, 6) is 1.53. The van der Waals surface area contributed by atoms with Crippen molar-refractivity contribution in [2.45, 2.75) is 11.3 Å². The fourth-order valence-corrected chi connectivity index (χ4v) is 4.84. The number of para-hydroxylation sites is 2. The molecule has 3 aromatic rings. The van der Waals surface area contributed by atoms with Gasteiger partial charge in [0.15, 0.2) is 22.5 Å². The minimum Gasteiger partial charge on any atom is -0.485 e. The highest BCUT2D eigenvalue weighted by Gasteiger charge is 2.33. The van der Waals surface area contributed by atoms with E-state index in [4.69, 9.17) is 9.47 Å². The zero-order valence-corrected chi connectivity index (χ0v) is 19.9. The van der Waals surface area contributed by atoms with Crippen molar-refractivity contribution < 1.29 is 23.5 Å². The highest BCUT2D eigenvalue weighted by atomic mass is 32.2. The molecule has 1 saturated heterocycles. The first-order valence-corrected chi connectivity index (χ1v) is 12.2. The molecular formula is C24H24FN5O4S. The maximum atomic E-state index is 13.2. The second-order valence-electron chi connectivity index (χ2n) is 8.23. The number of ether oxygens (including phenoxy) is 2. The quantitative estimate of drug-likeness (QED) is 0.500. The number of hydrogen-bond donors (Lipinski definition) is 0. The number of halogens is 1. The highest BCUT2D eigenvalue weighted by Crippen LogP contribution is 2.31. The van der Waals surface area contributed by atoms with Crippen LogP contribution < -0.4 is 9.47 Å². The number of carbonyl (C=O) groups excluding carboxylic acids is 2. The first kappa shape index (κ1) is 23.2. The molecule has 1 atom stereocenters. The molecule has 2 aliphatic heterocycles. The molecule has 0 bridgehead atoms. The number of aromatic nitrogens is 3. The molecule has 182 valence electrons. The van der Waals surface area contributed by atoms with Crippen LogP contribution in [0.25, 0.3) is 11.4 Å². The van der Waals surface area contributed by atoms with Gasteiger partial charge in [0.1, 0.15) is 12.4 Å². The predicted octanol–water partition coefficient (Wildman–Crippen LogP) is 2.22. The lowest BCUT2D eigenvalue weighted by atomic mass is 10.2. The molecule has 11 heteroatoms. The van der Waals surface area contributed by atoms with Gasteiger partial charge in [-0.1, -0.05) is 23.9 Å². The van der Waals surface area contributed by atoms with Gasteiger partial charge in [-0.2, -0.15) is 0 Å². The topological polar surface area (TPSA) is 89.8 Å². The summed E-state index contributed by atoms with van der Waals surface area (Å²) in [5.41, 5.74) is 0.746. The molecule has 0 radical (unpaired) electrons. The van der Waals surface area contributed by atoms with Crippen LogP contribution >= 0.6 is 11.8 Å². The van der Waals surface area contributed by atoms with Crippen molar-refractivity contribution >= 4 is 23.6 Å². The molecular weight excluding hydrogens is 473 g/mol. The van der Waals surface area contributed by atoms with Gasteiger partial charge >= 0.3 is 0 Å². The van der Waals surface area contributed by atoms with Crippen LogP contribution in [0.3, 0.4) is 0 Å². The zero-order chi connectivity index (χ0) is 24.4. The second-order valence-corrected chi connectivity index (χ2v) is 9.17. The highest BCUT2D eigenvalue weighted by molar-refractivity contribution is 7.99. The Bertz CT molecular complexity index is 1230. The number of hydrogen-bond acceptors (Lipinski definition) is 7. The number of piperazine rings is 1. The van der Waals surface area contributed by atoms with Crippen molar-refractivity contribution in [3.63, 3.8) is 0 Å². The third-order valence-electron chi connectivity index (χ3n) is 5.99. The van der Waals surface area contributed by atoms with Crippen LogP contribution in [0.15, 0.2) is 53.7 Å². The Balaban J connectivity index is 1.11. The molecule has 0 N–H and O–H groups in total. The van der Waals surface area contributed by atoms with Gasteiger partial charge in [-0.25, -0.2) is 4.39 Å². The molecule has 0 spiro atoms. The van der Waals surface area contributed by atoms with Crippen LogP contribution in [0.1, 0.15) is 0 Å². The molecule has 1 aromatic heterocycles. The number of amides is 2. The third kappa shape index (κ3) is 4.95. The van der Waals surface area contributed by atoms with E-state index in [9.17, 15) is 14.0 Å². The van der Waals surface area contributed by atoms with E-state index < -0.39 is 6.10 Å². The van der Waals surface area contributed by atoms with E-state index in [0.29, 0.717) is 48.7 Å². The normalized spacial score (nSPS) is 17.4. The number of nitrogens with zero attached hydrogens (tertiary/aromatic N) is 5. The van der Waals surface area contributed by atoms with Gasteiger partial charge in [-0.3, -0.25) is 9.59 Å². The van der Waals surface area contributed by atoms with Gasteiger partial charge in [-0.15, -0.1) is 10.2 Å². The number of fused-ring (bicyclic) bond motifs is 1. The molecule has 2 aliphatic rings. The van der Waals surface area contributed by atoms with Crippen molar-refractivity contribution in [3.05, 3.63) is 54.3 Å². The maximum Gasteiger partial charge on any atom is 0.267 e. The summed E-state index contributed by atoms with van der Waals surface area (Å²) in [4.78, 5) is 29.1. The minimum atomic E-state index is -0.686. The molecule has 2 amide bonds. The van der Waals surface area contributed by atoms with Gasteiger partial charge in [-0.05, 0) is 36.4 Å². The van der Waals surface area contributed by atoms with E-state index in [1.165, 1.54) is 23.9 Å². The summed E-state index contributed by atoms with van der Waals surface area (Å²) < 4.78 is 26.5. The largest absolute Gasteiger partial charge is 0.485 e. The van der Waals surface area contributed by atoms with Crippen LogP contribution in [0.2, 0.25) is 0 Å². The van der Waals surface area contributed by atoms with Gasteiger partial charge in [0.05, 0.1) is 5.75 Å². The number of carbonyl (C=O) groups is 2. The summed E-state index contributed by atoms with van der Waals surface area (Å²) in [6.45, 7) is 1.96. The smallest absolute Gasteiger partial charge is 0.267 e. The third-order valence-corrected chi connectivity index (χ3v) is 7.00. The predicted molar refractivity (Wildman–Crippen MR) is 127 cm³/mol. The molecule has 9 nitrogen and oxygen atoms in total. The fourth-order valence-electron chi connectivity index (χ4n) is 4.03. The fraction of sp³-hybridized carbons (Fsp3) is 0.333. The average molecular weight is 498 g/mol. The molecule has 1 fully saturated rings. The van der Waals surface area contributed by atoms with Crippen molar-refractivity contribution in [3.8, 4) is 22.9 Å². The molecule has 0 unspecified atom stereocenters. The Morgan fingerprint density at radius 2 is 1.69 bits per heavy atom. The van der Waals surface area contributed by atoms with E-state index in [1.54, 1.807) is 32.6 Å². The molecule has 3 heterocycles. The first-order valence-electron chi connectivity index (χ1n) is 11.2. The van der Waals surface area contributed by atoms with E-state index >= 15 is 0 Å². The van der Waals surface area contributed by atoms with Crippen molar-refractivity contribution in [1.82, 2.24) is 24.6 Å². The Morgan fingerprint density at radius 3 is 2.43 bits per heavy atom. The summed E-state index contributed by atoms with van der Waals surface area (Å²) in [6, 6.07) is 13.3. The van der Waals surface area contributed by atoms with Gasteiger partial charge in [0.25, 0.3) is 5.91 Å². The van der Waals surface area contributed by atoms with Gasteiger partial charge in [0.2, 0.25) is 12.0 Å². The second kappa shape index (κ2) is 9.95. The number of benzene rings is 2. The van der Waals surface area contributed by atoms with Crippen molar-refractivity contribution in [1.29, 1.82) is 0 Å². The van der Waals surface area contributed by atoms with Crippen LogP contribution in [-0.2, 0) is 16.6 Å². The van der Waals surface area contributed by atoms with E-state index in [2.05, 4.69) is 10.2 Å². The summed E-state index contributed by atoms with van der Waals surface area (Å²) in [7, 11) is 1.81. The first-order chi connectivity index (χ1) is 17.0. The Hall–Kier alpha value is -3.60. The summed E-state index contributed by atoms with van der Waals surface area (Å²) in [5, 5.41) is 8.94. The van der Waals surface area contributed by atoms with E-state index in [-0.39, 0.29) is 30.0 Å². The van der Waals surface area contributed by atoms with Crippen molar-refractivity contribution in [2.75, 3.05) is 38.5 Å². The summed E-state index contributed by atoms with van der Waals surface area (Å²) >= 11 is 1.30. The average Bonchev–Trinajstić information content (AvgIpc) is 3.27. The lowest BCUT2D eigenvalue weighted by molar-refractivity contribution is -0.145. The minimum absolute atomic E-state index is 0.0281. The summed E-state index contributed by atoms with van der Waals surface area (Å²) in [6.07, 6.45) is -0.686. The Kier molecular flexibility index (Phi) is 6.58. The Labute approximate surface area is 205 Å². The zero-order valence-electron chi connectivity index (χ0n) is 19.1. The lowest BCUT2D eigenvalue weighted by Gasteiger charge is -2.37. The van der Waals surface area contributed by atoms with Crippen molar-refractivity contribution in [2.24, 2.45) is 7.05 Å².